The van der Waals surface area contributed by atoms with Crippen LogP contribution in [0, 0.1) is 17.8 Å². The van der Waals surface area contributed by atoms with Gasteiger partial charge in [-0.15, -0.1) is 11.3 Å². The van der Waals surface area contributed by atoms with E-state index in [-0.39, 0.29) is 48.7 Å². The van der Waals surface area contributed by atoms with E-state index in [1.807, 2.05) is 13.8 Å². The number of aromatic nitrogens is 1. The highest BCUT2D eigenvalue weighted by molar-refractivity contribution is 7.09. The number of esters is 2. The zero-order valence-electron chi connectivity index (χ0n) is 26.9. The van der Waals surface area contributed by atoms with E-state index >= 15 is 0 Å². The summed E-state index contributed by atoms with van der Waals surface area (Å²) in [6, 6.07) is 3.68. The molecule has 2 amide bonds. The molecule has 1 aromatic carbocycles. The number of methoxy groups -OCH3 is 1. The maximum Gasteiger partial charge on any atom is 0.416 e. The highest BCUT2D eigenvalue weighted by Gasteiger charge is 2.33. The van der Waals surface area contributed by atoms with E-state index in [2.05, 4.69) is 10.3 Å². The predicted molar refractivity (Wildman–Crippen MR) is 164 cm³/mol. The van der Waals surface area contributed by atoms with Crippen LogP contribution in [0.25, 0.3) is 0 Å². The first-order valence-electron chi connectivity index (χ1n) is 15.1. The minimum atomic E-state index is -4.48. The van der Waals surface area contributed by atoms with Crippen LogP contribution >= 0.6 is 11.3 Å². The number of amides is 2. The number of hydrogen-bond acceptors (Lipinski definition) is 9. The Morgan fingerprint density at radius 1 is 1.11 bits per heavy atom. The van der Waals surface area contributed by atoms with Crippen molar-refractivity contribution in [1.82, 2.24) is 15.2 Å². The second kappa shape index (κ2) is 16.3. The molecule has 2 aromatic rings. The molecule has 2 heterocycles. The summed E-state index contributed by atoms with van der Waals surface area (Å²) in [4.78, 5) is 56.7. The van der Waals surface area contributed by atoms with Crippen molar-refractivity contribution in [1.29, 1.82) is 0 Å². The lowest BCUT2D eigenvalue weighted by atomic mass is 9.95. The van der Waals surface area contributed by atoms with Gasteiger partial charge in [-0.2, -0.15) is 13.2 Å². The average molecular weight is 670 g/mol. The number of ether oxygens (including phenoxy) is 3. The van der Waals surface area contributed by atoms with Gasteiger partial charge in [0.25, 0.3) is 5.91 Å². The molecule has 1 aliphatic rings. The first-order valence-corrected chi connectivity index (χ1v) is 16.0. The molecule has 1 aromatic heterocycles. The number of halogens is 3. The Bertz CT molecular complexity index is 1350. The van der Waals surface area contributed by atoms with Crippen LogP contribution in [0.1, 0.15) is 79.7 Å². The lowest BCUT2D eigenvalue weighted by Crippen LogP contribution is -2.44. The maximum absolute atomic E-state index is 13.4. The van der Waals surface area contributed by atoms with Gasteiger partial charge in [0.15, 0.2) is 6.10 Å². The highest BCUT2D eigenvalue weighted by atomic mass is 32.1. The van der Waals surface area contributed by atoms with E-state index in [4.69, 9.17) is 14.2 Å². The number of carbonyl (C=O) groups excluding carboxylic acids is 4. The van der Waals surface area contributed by atoms with Crippen LogP contribution in [-0.4, -0.2) is 73.1 Å². The Labute approximate surface area is 271 Å². The first-order chi connectivity index (χ1) is 21.6. The molecule has 1 fully saturated rings. The van der Waals surface area contributed by atoms with Crippen molar-refractivity contribution >= 4 is 35.1 Å². The number of hydrogen-bond donors (Lipinski definition) is 1. The predicted octanol–water partition coefficient (Wildman–Crippen LogP) is 5.22. The zero-order valence-corrected chi connectivity index (χ0v) is 27.7. The SMILES string of the molecule is COC(=O)[C@@H](C)C[C@H](Cc1ccc(C(F)(F)F)cc1)NC(=O)c1csc([C@@H](CC(C(C)C)N(C)C(=O)CC2COC2)OC(C)=O)n1. The van der Waals surface area contributed by atoms with Gasteiger partial charge in [-0.05, 0) is 36.5 Å². The van der Waals surface area contributed by atoms with Crippen molar-refractivity contribution in [3.63, 3.8) is 0 Å². The minimum Gasteiger partial charge on any atom is -0.469 e. The summed E-state index contributed by atoms with van der Waals surface area (Å²) in [6.45, 7) is 7.96. The Kier molecular flexibility index (Phi) is 13.1. The van der Waals surface area contributed by atoms with E-state index in [1.165, 1.54) is 31.5 Å². The van der Waals surface area contributed by atoms with E-state index in [1.54, 1.807) is 18.9 Å². The third kappa shape index (κ3) is 10.5. The zero-order chi connectivity index (χ0) is 34.2. The van der Waals surface area contributed by atoms with Crippen molar-refractivity contribution in [2.45, 2.75) is 77.7 Å². The van der Waals surface area contributed by atoms with Gasteiger partial charge in [-0.1, -0.05) is 32.9 Å². The summed E-state index contributed by atoms with van der Waals surface area (Å²) in [5.74, 6) is -2.02. The minimum absolute atomic E-state index is 0.0233. The fourth-order valence-corrected chi connectivity index (χ4v) is 6.14. The summed E-state index contributed by atoms with van der Waals surface area (Å²) >= 11 is 1.13. The average Bonchev–Trinajstić information content (AvgIpc) is 3.46. The van der Waals surface area contributed by atoms with Crippen molar-refractivity contribution < 1.29 is 46.6 Å². The standard InChI is InChI=1S/C32H42F3N3O7S/c1-18(2)26(38(5)28(40)13-22-15-44-16-22)14-27(45-20(4)39)30-37-25(17-46-30)29(41)36-24(11-19(3)31(42)43-6)12-21-7-9-23(10-8-21)32(33,34)35/h7-10,17-19,22,24,26-27H,11-16H2,1-6H3,(H,36,41)/t19-,24+,26?,27+/m0/s1. The van der Waals surface area contributed by atoms with Crippen molar-refractivity contribution in [2.24, 2.45) is 17.8 Å². The molecule has 0 spiro atoms. The van der Waals surface area contributed by atoms with Crippen molar-refractivity contribution in [3.8, 4) is 0 Å². The second-order valence-electron chi connectivity index (χ2n) is 12.1. The quantitative estimate of drug-likeness (QED) is 0.256. The summed E-state index contributed by atoms with van der Waals surface area (Å²) < 4.78 is 54.8. The van der Waals surface area contributed by atoms with Crippen LogP contribution < -0.4 is 5.32 Å². The van der Waals surface area contributed by atoms with E-state index < -0.39 is 47.6 Å². The fraction of sp³-hybridized carbons (Fsp3) is 0.594. The number of carbonyl (C=O) groups is 4. The Morgan fingerprint density at radius 3 is 2.28 bits per heavy atom. The number of thiazole rings is 1. The molecule has 0 saturated carbocycles. The van der Waals surface area contributed by atoms with E-state index in [9.17, 15) is 32.3 Å². The van der Waals surface area contributed by atoms with Gasteiger partial charge in [-0.3, -0.25) is 19.2 Å². The summed E-state index contributed by atoms with van der Waals surface area (Å²) in [5.41, 5.74) is -0.205. The smallest absolute Gasteiger partial charge is 0.416 e. The summed E-state index contributed by atoms with van der Waals surface area (Å²) in [6.07, 6.45) is -4.35. The molecular weight excluding hydrogens is 627 g/mol. The molecule has 254 valence electrons. The van der Waals surface area contributed by atoms with Gasteiger partial charge >= 0.3 is 18.1 Å². The topological polar surface area (TPSA) is 124 Å². The Hall–Kier alpha value is -3.52. The van der Waals surface area contributed by atoms with Gasteiger partial charge in [0.1, 0.15) is 10.7 Å². The Morgan fingerprint density at radius 2 is 1.76 bits per heavy atom. The molecule has 46 heavy (non-hydrogen) atoms. The monoisotopic (exact) mass is 669 g/mol. The molecule has 4 atom stereocenters. The van der Waals surface area contributed by atoms with E-state index in [0.29, 0.717) is 30.2 Å². The van der Waals surface area contributed by atoms with Gasteiger partial charge in [0, 0.05) is 50.2 Å². The summed E-state index contributed by atoms with van der Waals surface area (Å²) in [5, 5.41) is 4.76. The van der Waals surface area contributed by atoms with Crippen LogP contribution in [0.5, 0.6) is 0 Å². The third-order valence-electron chi connectivity index (χ3n) is 7.96. The highest BCUT2D eigenvalue weighted by Crippen LogP contribution is 2.32. The number of nitrogens with one attached hydrogen (secondary N) is 1. The summed E-state index contributed by atoms with van der Waals surface area (Å²) in [7, 11) is 2.98. The first kappa shape index (κ1) is 36.9. The van der Waals surface area contributed by atoms with Gasteiger partial charge in [-0.25, -0.2) is 4.98 Å². The lowest BCUT2D eigenvalue weighted by Gasteiger charge is -2.35. The maximum atomic E-state index is 13.4. The van der Waals surface area contributed by atoms with Crippen LogP contribution in [0.3, 0.4) is 0 Å². The fourth-order valence-electron chi connectivity index (χ4n) is 5.31. The third-order valence-corrected chi connectivity index (χ3v) is 8.90. The molecule has 1 aliphatic heterocycles. The molecule has 1 unspecified atom stereocenters. The molecule has 0 bridgehead atoms. The van der Waals surface area contributed by atoms with Crippen molar-refractivity contribution in [2.75, 3.05) is 27.4 Å². The lowest BCUT2D eigenvalue weighted by molar-refractivity contribution is -0.149. The Balaban J connectivity index is 1.78. The molecule has 0 radical (unpaired) electrons. The normalized spacial score (nSPS) is 16.1. The second-order valence-corrected chi connectivity index (χ2v) is 12.9. The molecule has 10 nitrogen and oxygen atoms in total. The number of nitrogens with zero attached hydrogens (tertiary/aromatic N) is 2. The number of benzene rings is 1. The van der Waals surface area contributed by atoms with Gasteiger partial charge in [0.2, 0.25) is 5.91 Å². The van der Waals surface area contributed by atoms with Crippen LogP contribution in [-0.2, 0) is 41.2 Å². The molecular formula is C32H42F3N3O7S. The molecule has 1 N–H and O–H groups in total. The van der Waals surface area contributed by atoms with E-state index in [0.717, 1.165) is 23.5 Å². The largest absolute Gasteiger partial charge is 0.469 e. The van der Waals surface area contributed by atoms with Crippen molar-refractivity contribution in [3.05, 3.63) is 51.5 Å². The van der Waals surface area contributed by atoms with Crippen LogP contribution in [0.15, 0.2) is 29.6 Å². The molecule has 3 rings (SSSR count). The van der Waals surface area contributed by atoms with Crippen LogP contribution in [0.2, 0.25) is 0 Å². The molecule has 14 heteroatoms. The molecule has 1 saturated heterocycles. The number of rotatable bonds is 15. The molecule has 0 aliphatic carbocycles. The van der Waals surface area contributed by atoms with Gasteiger partial charge in [0.05, 0.1) is 31.8 Å². The van der Waals surface area contributed by atoms with Crippen LogP contribution in [0.4, 0.5) is 13.2 Å². The number of alkyl halides is 3. The van der Waals surface area contributed by atoms with Gasteiger partial charge < -0.3 is 24.4 Å².